The predicted molar refractivity (Wildman–Crippen MR) is 56.1 cm³/mol. The van der Waals surface area contributed by atoms with Crippen molar-refractivity contribution in [1.82, 2.24) is 9.13 Å². The normalized spacial score (nSPS) is 11.8. The molecule has 0 atom stereocenters. The van der Waals surface area contributed by atoms with Crippen LogP contribution >= 0.6 is 0 Å². The molecule has 5 nitrogen and oxygen atoms in total. The third-order valence-electron chi connectivity index (χ3n) is 2.92. The van der Waals surface area contributed by atoms with Crippen LogP contribution in [0, 0.1) is 13.8 Å². The second kappa shape index (κ2) is 3.25. The van der Waals surface area contributed by atoms with E-state index in [0.717, 1.165) is 5.69 Å². The minimum absolute atomic E-state index is 0.294. The van der Waals surface area contributed by atoms with Crippen molar-refractivity contribution in [3.05, 3.63) is 21.9 Å². The molecule has 0 aliphatic heterocycles. The average Bonchev–Trinajstić information content (AvgIpc) is 2.31. The van der Waals surface area contributed by atoms with Crippen LogP contribution in [0.4, 0.5) is 0 Å². The number of imidazole rings is 1. The molecule has 1 N–H and O–H groups in total. The molecule has 0 aliphatic carbocycles. The molecule has 84 valence electrons. The maximum atomic E-state index is 11.8. The van der Waals surface area contributed by atoms with Crippen LogP contribution in [0.15, 0.2) is 4.79 Å². The van der Waals surface area contributed by atoms with Crippen LogP contribution < -0.4 is 5.69 Å². The van der Waals surface area contributed by atoms with E-state index in [-0.39, 0.29) is 5.69 Å². The van der Waals surface area contributed by atoms with Crippen molar-refractivity contribution >= 4 is 5.97 Å². The van der Waals surface area contributed by atoms with Crippen molar-refractivity contribution in [3.8, 4) is 0 Å². The van der Waals surface area contributed by atoms with Gasteiger partial charge in [-0.25, -0.2) is 9.59 Å². The van der Waals surface area contributed by atoms with Gasteiger partial charge in [0.2, 0.25) is 0 Å². The maximum Gasteiger partial charge on any atom is 0.329 e. The van der Waals surface area contributed by atoms with Crippen LogP contribution in [-0.4, -0.2) is 20.2 Å². The van der Waals surface area contributed by atoms with E-state index >= 15 is 0 Å². The van der Waals surface area contributed by atoms with Crippen molar-refractivity contribution in [3.63, 3.8) is 0 Å². The Balaban J connectivity index is 3.59. The molecule has 1 heterocycles. The average molecular weight is 212 g/mol. The fraction of sp³-hybridized carbons (Fsp3) is 0.600. The number of carboxylic acid groups (broad SMARTS) is 1. The predicted octanol–water partition coefficient (Wildman–Crippen LogP) is 0.623. The highest BCUT2D eigenvalue weighted by atomic mass is 16.4. The van der Waals surface area contributed by atoms with E-state index in [4.69, 9.17) is 5.11 Å². The molecule has 1 aromatic rings. The molecule has 0 radical (unpaired) electrons. The second-order valence-electron chi connectivity index (χ2n) is 4.21. The van der Waals surface area contributed by atoms with E-state index in [9.17, 15) is 9.59 Å². The summed E-state index contributed by atoms with van der Waals surface area (Å²) in [5.41, 5.74) is -0.0330. The summed E-state index contributed by atoms with van der Waals surface area (Å²) in [7, 11) is 1.64. The zero-order chi connectivity index (χ0) is 12.0. The first kappa shape index (κ1) is 11.6. The van der Waals surface area contributed by atoms with E-state index in [1.807, 2.05) is 0 Å². The lowest BCUT2D eigenvalue weighted by Crippen LogP contribution is -2.43. The number of aliphatic carboxylic acids is 1. The largest absolute Gasteiger partial charge is 0.480 e. The molecule has 0 unspecified atom stereocenters. The smallest absolute Gasteiger partial charge is 0.329 e. The summed E-state index contributed by atoms with van der Waals surface area (Å²) in [5.74, 6) is -1.02. The molecule has 15 heavy (non-hydrogen) atoms. The Morgan fingerprint density at radius 3 is 2.00 bits per heavy atom. The standard InChI is InChI=1S/C10H16N2O3/c1-6-7(2)12(9(15)11(6)5)10(3,4)8(13)14/h1-5H3,(H,13,14). The highest BCUT2D eigenvalue weighted by molar-refractivity contribution is 5.75. The molecule has 1 aromatic heterocycles. The van der Waals surface area contributed by atoms with Crippen molar-refractivity contribution in [2.45, 2.75) is 33.2 Å². The number of carboxylic acids is 1. The van der Waals surface area contributed by atoms with Gasteiger partial charge in [-0.2, -0.15) is 0 Å². The van der Waals surface area contributed by atoms with Gasteiger partial charge in [-0.3, -0.25) is 9.13 Å². The maximum absolute atomic E-state index is 11.8. The van der Waals surface area contributed by atoms with E-state index in [2.05, 4.69) is 0 Å². The SMILES string of the molecule is Cc1c(C)n(C(C)(C)C(=O)O)c(=O)n1C. The number of nitrogens with zero attached hydrogens (tertiary/aromatic N) is 2. The molecule has 0 fully saturated rings. The lowest BCUT2D eigenvalue weighted by atomic mass is 10.1. The van der Waals surface area contributed by atoms with Gasteiger partial charge in [0.1, 0.15) is 5.54 Å². The van der Waals surface area contributed by atoms with Gasteiger partial charge in [0.05, 0.1) is 0 Å². The summed E-state index contributed by atoms with van der Waals surface area (Å²) < 4.78 is 2.77. The molecule has 0 saturated heterocycles. The van der Waals surface area contributed by atoms with E-state index < -0.39 is 11.5 Å². The Morgan fingerprint density at radius 1 is 1.27 bits per heavy atom. The fourth-order valence-corrected chi connectivity index (χ4v) is 1.60. The monoisotopic (exact) mass is 212 g/mol. The molecular formula is C10H16N2O3. The van der Waals surface area contributed by atoms with Gasteiger partial charge in [-0.1, -0.05) is 0 Å². The van der Waals surface area contributed by atoms with Crippen LogP contribution in [0.3, 0.4) is 0 Å². The Labute approximate surface area is 88.0 Å². The zero-order valence-electron chi connectivity index (χ0n) is 9.66. The number of aromatic nitrogens is 2. The zero-order valence-corrected chi connectivity index (χ0v) is 9.66. The van der Waals surface area contributed by atoms with Gasteiger partial charge >= 0.3 is 11.7 Å². The lowest BCUT2D eigenvalue weighted by molar-refractivity contribution is -0.145. The summed E-state index contributed by atoms with van der Waals surface area (Å²) in [6, 6.07) is 0. The van der Waals surface area contributed by atoms with Gasteiger partial charge in [-0.15, -0.1) is 0 Å². The van der Waals surface area contributed by atoms with E-state index in [0.29, 0.717) is 5.69 Å². The van der Waals surface area contributed by atoms with Crippen molar-refractivity contribution in [1.29, 1.82) is 0 Å². The van der Waals surface area contributed by atoms with Crippen LogP contribution in [0.5, 0.6) is 0 Å². The fourth-order valence-electron chi connectivity index (χ4n) is 1.60. The number of carbonyl (C=O) groups is 1. The van der Waals surface area contributed by atoms with Gasteiger partial charge in [0.15, 0.2) is 0 Å². The molecule has 0 aliphatic rings. The van der Waals surface area contributed by atoms with E-state index in [1.165, 1.54) is 23.0 Å². The first-order valence-corrected chi connectivity index (χ1v) is 4.70. The van der Waals surface area contributed by atoms with Crippen LogP contribution in [0.25, 0.3) is 0 Å². The van der Waals surface area contributed by atoms with Gasteiger partial charge in [0, 0.05) is 18.4 Å². The molecule has 0 amide bonds. The highest BCUT2D eigenvalue weighted by Gasteiger charge is 2.33. The highest BCUT2D eigenvalue weighted by Crippen LogP contribution is 2.17. The second-order valence-corrected chi connectivity index (χ2v) is 4.21. The van der Waals surface area contributed by atoms with Crippen LogP contribution in [0.2, 0.25) is 0 Å². The summed E-state index contributed by atoms with van der Waals surface area (Å²) in [5, 5.41) is 9.07. The topological polar surface area (TPSA) is 64.2 Å². The van der Waals surface area contributed by atoms with Crippen LogP contribution in [0.1, 0.15) is 25.2 Å². The minimum atomic E-state index is -1.22. The Kier molecular flexibility index (Phi) is 2.51. The molecule has 0 aromatic carbocycles. The number of hydrogen-bond acceptors (Lipinski definition) is 2. The number of rotatable bonds is 2. The summed E-state index contributed by atoms with van der Waals surface area (Å²) in [4.78, 5) is 22.9. The third kappa shape index (κ3) is 1.48. The van der Waals surface area contributed by atoms with Gasteiger partial charge in [0.25, 0.3) is 0 Å². The van der Waals surface area contributed by atoms with Crippen molar-refractivity contribution in [2.24, 2.45) is 7.05 Å². The van der Waals surface area contributed by atoms with Gasteiger partial charge in [-0.05, 0) is 27.7 Å². The quantitative estimate of drug-likeness (QED) is 0.781. The number of hydrogen-bond donors (Lipinski definition) is 1. The van der Waals surface area contributed by atoms with Crippen LogP contribution in [-0.2, 0) is 17.4 Å². The summed E-state index contributed by atoms with van der Waals surface area (Å²) in [6.45, 7) is 6.58. The molecule has 5 heteroatoms. The van der Waals surface area contributed by atoms with Crippen molar-refractivity contribution < 1.29 is 9.90 Å². The minimum Gasteiger partial charge on any atom is -0.480 e. The van der Waals surface area contributed by atoms with E-state index in [1.54, 1.807) is 20.9 Å². The summed E-state index contributed by atoms with van der Waals surface area (Å²) >= 11 is 0. The molecule has 0 bridgehead atoms. The van der Waals surface area contributed by atoms with Gasteiger partial charge < -0.3 is 5.11 Å². The first-order chi connectivity index (χ1) is 6.71. The third-order valence-corrected chi connectivity index (χ3v) is 2.92. The Morgan fingerprint density at radius 2 is 1.73 bits per heavy atom. The molecule has 0 spiro atoms. The van der Waals surface area contributed by atoms with Crippen molar-refractivity contribution in [2.75, 3.05) is 0 Å². The Bertz CT molecular complexity index is 466. The summed E-state index contributed by atoms with van der Waals surface area (Å²) in [6.07, 6.45) is 0. The Hall–Kier alpha value is -1.52. The lowest BCUT2D eigenvalue weighted by Gasteiger charge is -2.21. The first-order valence-electron chi connectivity index (χ1n) is 4.70. The molecular weight excluding hydrogens is 196 g/mol. The molecule has 0 saturated carbocycles. The molecule has 1 rings (SSSR count).